The van der Waals surface area contributed by atoms with E-state index >= 15 is 0 Å². The fourth-order valence-electron chi connectivity index (χ4n) is 7.76. The smallest absolute Gasteiger partial charge is 0.410 e. The number of hydrogen-bond acceptors (Lipinski definition) is 9. The molecular weight excluding hydrogens is 722 g/mol. The fraction of sp³-hybridized carbons (Fsp3) is 0.658. The first-order valence-electron chi connectivity index (χ1n) is 18.8. The molecule has 16 heteroatoms. The molecule has 1 aromatic carbocycles. The van der Waals surface area contributed by atoms with Crippen LogP contribution in [0.5, 0.6) is 0 Å². The maximum Gasteiger partial charge on any atom is 0.410 e. The second-order valence-corrected chi connectivity index (χ2v) is 19.3. The molecule has 3 N–H and O–H groups in total. The Labute approximate surface area is 316 Å². The Hall–Kier alpha value is -4.21. The molecule has 1 aromatic rings. The van der Waals surface area contributed by atoms with Crippen LogP contribution in [0.25, 0.3) is 0 Å². The van der Waals surface area contributed by atoms with E-state index in [0.717, 1.165) is 6.42 Å². The number of nitrogens with zero attached hydrogens (tertiary/aromatic N) is 2. The summed E-state index contributed by atoms with van der Waals surface area (Å²) >= 11 is 0. The molecule has 0 spiro atoms. The van der Waals surface area contributed by atoms with Crippen molar-refractivity contribution in [3.05, 3.63) is 47.3 Å². The number of fused-ring (bicyclic) bond motifs is 3. The van der Waals surface area contributed by atoms with E-state index in [1.165, 1.54) is 15.9 Å². The zero-order valence-corrected chi connectivity index (χ0v) is 32.6. The lowest BCUT2D eigenvalue weighted by molar-refractivity contribution is -0.142. The predicted octanol–water partition coefficient (Wildman–Crippen LogP) is 4.03. The molecule has 0 aromatic heterocycles. The van der Waals surface area contributed by atoms with Crippen LogP contribution >= 0.6 is 0 Å². The minimum atomic E-state index is -4.03. The van der Waals surface area contributed by atoms with Gasteiger partial charge in [-0.3, -0.25) is 24.0 Å². The zero-order chi connectivity index (χ0) is 39.4. The second-order valence-electron chi connectivity index (χ2n) is 17.1. The number of carbonyl (C=O) groups is 5. The maximum atomic E-state index is 14.6. The van der Waals surface area contributed by atoms with Crippen molar-refractivity contribution in [1.29, 1.82) is 0 Å². The second kappa shape index (κ2) is 14.5. The predicted molar refractivity (Wildman–Crippen MR) is 194 cm³/mol. The number of alkyl carbamates (subject to hydrolysis) is 1. The van der Waals surface area contributed by atoms with Crippen molar-refractivity contribution in [3.8, 4) is 0 Å². The van der Waals surface area contributed by atoms with Crippen molar-refractivity contribution < 1.29 is 46.3 Å². The highest BCUT2D eigenvalue weighted by atomic mass is 32.2. The number of amides is 5. The number of benzene rings is 1. The normalized spacial score (nSPS) is 30.8. The van der Waals surface area contributed by atoms with Crippen molar-refractivity contribution in [2.24, 2.45) is 17.8 Å². The molecule has 2 aliphatic carbocycles. The van der Waals surface area contributed by atoms with Crippen LogP contribution < -0.4 is 15.4 Å². The highest BCUT2D eigenvalue weighted by molar-refractivity contribution is 7.91. The van der Waals surface area contributed by atoms with Gasteiger partial charge in [0, 0.05) is 24.4 Å². The summed E-state index contributed by atoms with van der Waals surface area (Å²) < 4.78 is 53.2. The third kappa shape index (κ3) is 8.22. The SMILES string of the molecule is C[C@H]1CCC=C[C@@H]2C[C@@]2(C(=O)NS(=O)(=O)C2(C)CC2)NC(=O)[C@@H]2C[C@@H](OC(=O)N3Cc4cccc(F)c4C3)CN2C(=O)[C@@H](NC(=O)OC(C)(C)C)[C@H](C)C1. The zero-order valence-electron chi connectivity index (χ0n) is 31.8. The van der Waals surface area contributed by atoms with Crippen molar-refractivity contribution in [1.82, 2.24) is 25.2 Å². The van der Waals surface area contributed by atoms with Crippen LogP contribution in [-0.2, 0) is 47.0 Å². The molecule has 0 radical (unpaired) electrons. The average molecular weight is 774 g/mol. The molecule has 2 saturated carbocycles. The number of ether oxygens (including phenoxy) is 2. The van der Waals surface area contributed by atoms with E-state index in [-0.39, 0.29) is 38.4 Å². The molecule has 54 heavy (non-hydrogen) atoms. The van der Waals surface area contributed by atoms with Gasteiger partial charge in [0.15, 0.2) is 0 Å². The number of halogens is 1. The molecule has 3 heterocycles. The summed E-state index contributed by atoms with van der Waals surface area (Å²) in [5.74, 6) is -3.41. The van der Waals surface area contributed by atoms with Gasteiger partial charge in [0.2, 0.25) is 21.8 Å². The lowest BCUT2D eigenvalue weighted by Crippen LogP contribution is -2.59. The molecular formula is C38H52FN5O9S. The Morgan fingerprint density at radius 3 is 2.46 bits per heavy atom. The van der Waals surface area contributed by atoms with Gasteiger partial charge in [-0.1, -0.05) is 38.1 Å². The lowest BCUT2D eigenvalue weighted by atomic mass is 9.88. The van der Waals surface area contributed by atoms with E-state index < -0.39 is 91.7 Å². The maximum absolute atomic E-state index is 14.6. The van der Waals surface area contributed by atoms with Gasteiger partial charge in [-0.15, -0.1) is 0 Å². The highest BCUT2D eigenvalue weighted by Crippen LogP contribution is 2.47. The van der Waals surface area contributed by atoms with Crippen LogP contribution in [0.4, 0.5) is 14.0 Å². The van der Waals surface area contributed by atoms with Crippen molar-refractivity contribution >= 4 is 39.9 Å². The van der Waals surface area contributed by atoms with E-state index in [2.05, 4.69) is 15.4 Å². The lowest BCUT2D eigenvalue weighted by Gasteiger charge is -2.33. The summed E-state index contributed by atoms with van der Waals surface area (Å²) in [6.07, 6.45) is 3.94. The van der Waals surface area contributed by atoms with Gasteiger partial charge >= 0.3 is 12.2 Å². The molecule has 1 saturated heterocycles. The Kier molecular flexibility index (Phi) is 10.6. The first kappa shape index (κ1) is 39.5. The summed E-state index contributed by atoms with van der Waals surface area (Å²) in [7, 11) is -4.03. The van der Waals surface area contributed by atoms with E-state index in [1.54, 1.807) is 39.8 Å². The number of sulfonamides is 1. The van der Waals surface area contributed by atoms with Gasteiger partial charge in [-0.05, 0) is 89.7 Å². The van der Waals surface area contributed by atoms with Crippen LogP contribution in [0.2, 0.25) is 0 Å². The molecule has 3 fully saturated rings. The summed E-state index contributed by atoms with van der Waals surface area (Å²) in [4.78, 5) is 72.0. The van der Waals surface area contributed by atoms with Crippen molar-refractivity contribution in [2.45, 2.75) is 134 Å². The number of carbonyl (C=O) groups excluding carboxylic acids is 5. The Bertz CT molecular complexity index is 1840. The van der Waals surface area contributed by atoms with Crippen molar-refractivity contribution in [2.75, 3.05) is 6.54 Å². The number of rotatable bonds is 5. The molecule has 5 aliphatic rings. The summed E-state index contributed by atoms with van der Waals surface area (Å²) in [5.41, 5.74) is -1.41. The largest absolute Gasteiger partial charge is 0.444 e. The third-order valence-electron chi connectivity index (χ3n) is 11.4. The highest BCUT2D eigenvalue weighted by Gasteiger charge is 2.63. The first-order chi connectivity index (χ1) is 25.2. The molecule has 3 aliphatic heterocycles. The molecule has 296 valence electrons. The van der Waals surface area contributed by atoms with Crippen LogP contribution in [0.1, 0.15) is 97.6 Å². The van der Waals surface area contributed by atoms with E-state index in [9.17, 15) is 36.8 Å². The number of hydrogen-bond donors (Lipinski definition) is 3. The van der Waals surface area contributed by atoms with Crippen LogP contribution in [0.3, 0.4) is 0 Å². The summed E-state index contributed by atoms with van der Waals surface area (Å²) in [5, 5.41) is 5.55. The molecule has 6 rings (SSSR count). The minimum Gasteiger partial charge on any atom is -0.444 e. The quantitative estimate of drug-likeness (QED) is 0.373. The minimum absolute atomic E-state index is 0.00775. The molecule has 14 nitrogen and oxygen atoms in total. The summed E-state index contributed by atoms with van der Waals surface area (Å²) in [6, 6.07) is 2.23. The van der Waals surface area contributed by atoms with E-state index in [1.807, 2.05) is 26.0 Å². The number of nitrogens with one attached hydrogen (secondary N) is 3. The van der Waals surface area contributed by atoms with Crippen LogP contribution in [0, 0.1) is 23.6 Å². The van der Waals surface area contributed by atoms with Gasteiger partial charge < -0.3 is 25.0 Å². The average Bonchev–Trinajstić information content (AvgIpc) is 3.86. The Morgan fingerprint density at radius 2 is 1.80 bits per heavy atom. The van der Waals surface area contributed by atoms with E-state index in [0.29, 0.717) is 36.8 Å². The first-order valence-corrected chi connectivity index (χ1v) is 20.3. The topological polar surface area (TPSA) is 181 Å². The molecule has 5 amide bonds. The standard InChI is InChI=1S/C38H52FN5O9S/c1-22-10-7-8-12-25-18-38(25,33(47)42-54(50,51)37(6)14-15-37)41-31(45)29-17-26(52-35(49)43-19-24-11-9-13-28(39)27(24)21-43)20-44(29)32(46)30(23(2)16-22)40-34(48)53-36(3,4)5/h8-9,11-13,22-23,25-26,29-30H,7,10,14-21H2,1-6H3,(H,40,48)(H,41,45)(H,42,47)/t22-,23+,25+,26+,29-,30-,38+/m0/s1. The van der Waals surface area contributed by atoms with E-state index in [4.69, 9.17) is 9.47 Å². The van der Waals surface area contributed by atoms with Crippen LogP contribution in [0.15, 0.2) is 30.4 Å². The van der Waals surface area contributed by atoms with Gasteiger partial charge in [-0.25, -0.2) is 22.4 Å². The van der Waals surface area contributed by atoms with Gasteiger partial charge in [0.05, 0.1) is 17.8 Å². The summed E-state index contributed by atoms with van der Waals surface area (Å²) in [6.45, 7) is 10.4. The Morgan fingerprint density at radius 1 is 1.07 bits per heavy atom. The van der Waals surface area contributed by atoms with Gasteiger partial charge in [0.1, 0.15) is 35.1 Å². The molecule has 7 atom stereocenters. The van der Waals surface area contributed by atoms with Gasteiger partial charge in [-0.2, -0.15) is 0 Å². The Balaban J connectivity index is 1.29. The van der Waals surface area contributed by atoms with Gasteiger partial charge in [0.25, 0.3) is 5.91 Å². The third-order valence-corrected chi connectivity index (χ3v) is 13.5. The monoisotopic (exact) mass is 773 g/mol. The van der Waals surface area contributed by atoms with Crippen molar-refractivity contribution in [3.63, 3.8) is 0 Å². The van der Waals surface area contributed by atoms with Crippen LogP contribution in [-0.4, -0.2) is 88.7 Å². The molecule has 0 unspecified atom stereocenters. The fourth-order valence-corrected chi connectivity index (χ4v) is 9.07. The number of allylic oxidation sites excluding steroid dienone is 1. The molecule has 0 bridgehead atoms.